The van der Waals surface area contributed by atoms with Gasteiger partial charge in [0.1, 0.15) is 5.75 Å². The highest BCUT2D eigenvalue weighted by atomic mass is 32.1. The number of rotatable bonds is 7. The topological polar surface area (TPSA) is 69.4 Å². The van der Waals surface area contributed by atoms with Crippen molar-refractivity contribution in [3.05, 3.63) is 29.8 Å². The minimum atomic E-state index is 0.0749. The molecule has 0 aliphatic carbocycles. The molecule has 21 heavy (non-hydrogen) atoms. The maximum atomic E-state index is 5.82. The van der Waals surface area contributed by atoms with E-state index in [1.807, 2.05) is 26.0 Å². The molecule has 0 atom stereocenters. The van der Waals surface area contributed by atoms with Crippen molar-refractivity contribution >= 4 is 22.4 Å². The number of nitrogens with one attached hydrogen (secondary N) is 1. The van der Waals surface area contributed by atoms with Crippen molar-refractivity contribution in [2.75, 3.05) is 24.7 Å². The maximum Gasteiger partial charge on any atom is 0.197 e. The Balaban J connectivity index is 1.90. The second-order valence-electron chi connectivity index (χ2n) is 4.92. The van der Waals surface area contributed by atoms with Gasteiger partial charge < -0.3 is 20.5 Å². The molecule has 1 aromatic carbocycles. The van der Waals surface area contributed by atoms with Gasteiger partial charge in [-0.2, -0.15) is 4.37 Å². The Bertz CT molecular complexity index is 567. The fourth-order valence-electron chi connectivity index (χ4n) is 1.87. The van der Waals surface area contributed by atoms with Crippen LogP contribution in [0.3, 0.4) is 0 Å². The molecule has 0 fully saturated rings. The van der Waals surface area contributed by atoms with Gasteiger partial charge in [0, 0.05) is 6.54 Å². The van der Waals surface area contributed by atoms with E-state index in [0.29, 0.717) is 11.6 Å². The molecule has 0 amide bonds. The normalized spacial score (nSPS) is 10.7. The highest BCUT2D eigenvalue weighted by molar-refractivity contribution is 7.11. The van der Waals surface area contributed by atoms with Crippen LogP contribution in [0.1, 0.15) is 19.4 Å². The monoisotopic (exact) mass is 307 g/mol. The molecule has 114 valence electrons. The Labute approximate surface area is 129 Å². The molecule has 2 aromatic rings. The zero-order valence-electron chi connectivity index (χ0n) is 12.6. The summed E-state index contributed by atoms with van der Waals surface area (Å²) in [4.78, 5) is 0. The summed E-state index contributed by atoms with van der Waals surface area (Å²) in [6.45, 7) is 4.74. The average Bonchev–Trinajstić information content (AvgIpc) is 2.80. The van der Waals surface area contributed by atoms with Gasteiger partial charge in [0.05, 0.1) is 13.2 Å². The van der Waals surface area contributed by atoms with Crippen molar-refractivity contribution < 1.29 is 9.47 Å². The number of hydrogen-bond acceptors (Lipinski definition) is 6. The van der Waals surface area contributed by atoms with E-state index in [1.165, 1.54) is 17.1 Å². The molecule has 0 spiro atoms. The first-order chi connectivity index (χ1) is 10.1. The lowest BCUT2D eigenvalue weighted by Crippen LogP contribution is -2.10. The van der Waals surface area contributed by atoms with Gasteiger partial charge in [-0.3, -0.25) is 0 Å². The molecule has 0 aliphatic heterocycles. The summed E-state index contributed by atoms with van der Waals surface area (Å²) < 4.78 is 15.0. The molecular weight excluding hydrogens is 286 g/mol. The van der Waals surface area contributed by atoms with E-state index in [1.54, 1.807) is 7.11 Å². The van der Waals surface area contributed by atoms with E-state index < -0.39 is 0 Å². The molecule has 0 unspecified atom stereocenters. The fraction of sp³-hybridized carbons (Fsp3) is 0.400. The predicted octanol–water partition coefficient (Wildman–Crippen LogP) is 3.18. The fourth-order valence-corrected chi connectivity index (χ4v) is 2.54. The number of anilines is 2. The molecule has 0 radical (unpaired) electrons. The molecule has 1 aromatic heterocycles. The minimum absolute atomic E-state index is 0.0749. The summed E-state index contributed by atoms with van der Waals surface area (Å²) in [5, 5.41) is 4.22. The number of aromatic nitrogens is 1. The minimum Gasteiger partial charge on any atom is -0.497 e. The number of benzene rings is 1. The van der Waals surface area contributed by atoms with Crippen molar-refractivity contribution in [3.63, 3.8) is 0 Å². The second-order valence-corrected chi connectivity index (χ2v) is 5.69. The molecule has 1 heterocycles. The molecule has 0 saturated heterocycles. The van der Waals surface area contributed by atoms with Crippen LogP contribution in [0.4, 0.5) is 10.8 Å². The number of methoxy groups -OCH3 is 1. The van der Waals surface area contributed by atoms with Crippen LogP contribution in [-0.4, -0.2) is 24.1 Å². The van der Waals surface area contributed by atoms with Gasteiger partial charge in [-0.05, 0) is 49.5 Å². The van der Waals surface area contributed by atoms with E-state index in [4.69, 9.17) is 15.2 Å². The van der Waals surface area contributed by atoms with Crippen molar-refractivity contribution in [2.24, 2.45) is 0 Å². The molecule has 3 N–H and O–H groups in total. The zero-order chi connectivity index (χ0) is 15.2. The van der Waals surface area contributed by atoms with Gasteiger partial charge in [0.25, 0.3) is 0 Å². The highest BCUT2D eigenvalue weighted by Crippen LogP contribution is 2.35. The summed E-state index contributed by atoms with van der Waals surface area (Å²) in [6, 6.07) is 8.06. The van der Waals surface area contributed by atoms with Gasteiger partial charge in [0.15, 0.2) is 16.6 Å². The van der Waals surface area contributed by atoms with Crippen molar-refractivity contribution in [3.8, 4) is 11.5 Å². The van der Waals surface area contributed by atoms with Crippen LogP contribution in [0.15, 0.2) is 24.3 Å². The lowest BCUT2D eigenvalue weighted by Gasteiger charge is -2.11. The van der Waals surface area contributed by atoms with Gasteiger partial charge in [-0.1, -0.05) is 12.1 Å². The maximum absolute atomic E-state index is 5.82. The Morgan fingerprint density at radius 2 is 2.00 bits per heavy atom. The average molecular weight is 307 g/mol. The van der Waals surface area contributed by atoms with Crippen molar-refractivity contribution in [2.45, 2.75) is 26.4 Å². The van der Waals surface area contributed by atoms with E-state index in [0.717, 1.165) is 23.7 Å². The third-order valence-corrected chi connectivity index (χ3v) is 3.69. The number of nitrogens with zero attached hydrogens (tertiary/aromatic N) is 1. The standard InChI is InChI=1S/C15H21N3O2S/c1-10(2)20-13-14(16)18-21-15(13)17-9-8-11-4-6-12(19-3)7-5-11/h4-7,10,17H,8-9H2,1-3H3,(H2,16,18). The lowest BCUT2D eigenvalue weighted by atomic mass is 10.1. The van der Waals surface area contributed by atoms with E-state index in [-0.39, 0.29) is 6.10 Å². The van der Waals surface area contributed by atoms with E-state index in [9.17, 15) is 0 Å². The first kappa shape index (κ1) is 15.4. The summed E-state index contributed by atoms with van der Waals surface area (Å²) in [7, 11) is 1.67. The number of nitrogen functional groups attached to an aromatic ring is 1. The third-order valence-electron chi connectivity index (χ3n) is 2.89. The summed E-state index contributed by atoms with van der Waals surface area (Å²) in [6.07, 6.45) is 0.981. The van der Waals surface area contributed by atoms with Gasteiger partial charge >= 0.3 is 0 Å². The molecular formula is C15H21N3O2S. The number of hydrogen-bond donors (Lipinski definition) is 2. The van der Waals surface area contributed by atoms with E-state index in [2.05, 4.69) is 21.8 Å². The Morgan fingerprint density at radius 3 is 2.62 bits per heavy atom. The molecule has 2 rings (SSSR count). The smallest absolute Gasteiger partial charge is 0.197 e. The Kier molecular flexibility index (Phi) is 5.27. The molecule has 6 heteroatoms. The predicted molar refractivity (Wildman–Crippen MR) is 87.5 cm³/mol. The largest absolute Gasteiger partial charge is 0.497 e. The summed E-state index contributed by atoms with van der Waals surface area (Å²) >= 11 is 1.33. The lowest BCUT2D eigenvalue weighted by molar-refractivity contribution is 0.245. The Hall–Kier alpha value is -1.95. The van der Waals surface area contributed by atoms with Crippen molar-refractivity contribution in [1.29, 1.82) is 0 Å². The highest BCUT2D eigenvalue weighted by Gasteiger charge is 2.13. The molecule has 0 aliphatic rings. The van der Waals surface area contributed by atoms with Crippen LogP contribution in [0.5, 0.6) is 11.5 Å². The number of nitrogens with two attached hydrogens (primary N) is 1. The molecule has 0 saturated carbocycles. The zero-order valence-corrected chi connectivity index (χ0v) is 13.4. The third kappa shape index (κ3) is 4.26. The second kappa shape index (κ2) is 7.17. The van der Waals surface area contributed by atoms with Crippen LogP contribution in [0.2, 0.25) is 0 Å². The molecule has 5 nitrogen and oxygen atoms in total. The first-order valence-electron chi connectivity index (χ1n) is 6.88. The SMILES string of the molecule is COc1ccc(CCNc2snc(N)c2OC(C)C)cc1. The quantitative estimate of drug-likeness (QED) is 0.822. The first-order valence-corrected chi connectivity index (χ1v) is 7.66. The van der Waals surface area contributed by atoms with Crippen LogP contribution in [-0.2, 0) is 6.42 Å². The summed E-state index contributed by atoms with van der Waals surface area (Å²) in [5.74, 6) is 1.97. The summed E-state index contributed by atoms with van der Waals surface area (Å²) in [5.41, 5.74) is 7.07. The molecule has 0 bridgehead atoms. The van der Waals surface area contributed by atoms with Crippen LogP contribution >= 0.6 is 11.5 Å². The van der Waals surface area contributed by atoms with E-state index >= 15 is 0 Å². The van der Waals surface area contributed by atoms with Gasteiger partial charge in [0.2, 0.25) is 0 Å². The Morgan fingerprint density at radius 1 is 1.29 bits per heavy atom. The van der Waals surface area contributed by atoms with Crippen LogP contribution < -0.4 is 20.5 Å². The van der Waals surface area contributed by atoms with Crippen molar-refractivity contribution in [1.82, 2.24) is 4.37 Å². The number of ether oxygens (including phenoxy) is 2. The van der Waals surface area contributed by atoms with Crippen LogP contribution in [0.25, 0.3) is 0 Å². The van der Waals surface area contributed by atoms with Crippen LogP contribution in [0, 0.1) is 0 Å². The van der Waals surface area contributed by atoms with Gasteiger partial charge in [-0.15, -0.1) is 0 Å². The van der Waals surface area contributed by atoms with Gasteiger partial charge in [-0.25, -0.2) is 0 Å².